The van der Waals surface area contributed by atoms with Crippen LogP contribution < -0.4 is 10.2 Å². The number of rotatable bonds is 4. The lowest BCUT2D eigenvalue weighted by Crippen LogP contribution is -2.39. The molecule has 2 aromatic rings. The molecule has 0 radical (unpaired) electrons. The number of aryl methyl sites for hydroxylation is 1. The zero-order valence-electron chi connectivity index (χ0n) is 13.4. The highest BCUT2D eigenvalue weighted by Crippen LogP contribution is 2.26. The van der Waals surface area contributed by atoms with E-state index in [9.17, 15) is 13.2 Å². The average molecular weight is 345 g/mol. The fourth-order valence-electron chi connectivity index (χ4n) is 2.87. The number of anilines is 2. The lowest BCUT2D eigenvalue weighted by molar-refractivity contribution is -0.117. The van der Waals surface area contributed by atoms with Crippen molar-refractivity contribution in [1.82, 2.24) is 4.98 Å². The summed E-state index contributed by atoms with van der Waals surface area (Å²) < 4.78 is 23.6. The summed E-state index contributed by atoms with van der Waals surface area (Å²) in [6.07, 6.45) is 4.50. The second-order valence-corrected chi connectivity index (χ2v) is 7.74. The molecule has 1 aliphatic heterocycles. The van der Waals surface area contributed by atoms with Crippen LogP contribution >= 0.6 is 0 Å². The van der Waals surface area contributed by atoms with E-state index in [1.807, 2.05) is 24.3 Å². The Morgan fingerprint density at radius 2 is 2.04 bits per heavy atom. The van der Waals surface area contributed by atoms with Gasteiger partial charge in [-0.1, -0.05) is 18.2 Å². The van der Waals surface area contributed by atoms with Crippen molar-refractivity contribution in [3.8, 4) is 0 Å². The molecule has 24 heavy (non-hydrogen) atoms. The molecule has 1 N–H and O–H groups in total. The predicted molar refractivity (Wildman–Crippen MR) is 93.0 cm³/mol. The van der Waals surface area contributed by atoms with Gasteiger partial charge in [0, 0.05) is 24.7 Å². The van der Waals surface area contributed by atoms with Crippen molar-refractivity contribution in [2.75, 3.05) is 29.6 Å². The number of hydrogen-bond donors (Lipinski definition) is 1. The SMILES string of the molecule is CS(=O)(=O)c1cccnc1NCC(=O)N1CCCc2ccccc21. The zero-order valence-corrected chi connectivity index (χ0v) is 14.2. The van der Waals surface area contributed by atoms with Gasteiger partial charge in [0.25, 0.3) is 0 Å². The van der Waals surface area contributed by atoms with Crippen LogP contribution in [0.3, 0.4) is 0 Å². The monoisotopic (exact) mass is 345 g/mol. The van der Waals surface area contributed by atoms with Gasteiger partial charge in [-0.3, -0.25) is 4.79 Å². The Morgan fingerprint density at radius 1 is 1.25 bits per heavy atom. The molecule has 6 nitrogen and oxygen atoms in total. The van der Waals surface area contributed by atoms with E-state index in [1.165, 1.54) is 12.3 Å². The highest BCUT2D eigenvalue weighted by molar-refractivity contribution is 7.90. The standard InChI is InChI=1S/C17H19N3O3S/c1-24(22,23)15-9-4-10-18-17(15)19-12-16(21)20-11-5-7-13-6-2-3-8-14(13)20/h2-4,6,8-10H,5,7,11-12H2,1H3,(H,18,19). The Kier molecular flexibility index (Phi) is 4.53. The number of sulfone groups is 1. The molecule has 2 heterocycles. The number of amides is 1. The number of nitrogens with zero attached hydrogens (tertiary/aromatic N) is 2. The first-order valence-corrected chi connectivity index (χ1v) is 9.63. The molecule has 3 rings (SSSR count). The van der Waals surface area contributed by atoms with Gasteiger partial charge in [0.2, 0.25) is 5.91 Å². The molecule has 0 fully saturated rings. The van der Waals surface area contributed by atoms with Gasteiger partial charge in [-0.25, -0.2) is 13.4 Å². The molecule has 0 saturated carbocycles. The average Bonchev–Trinajstić information content (AvgIpc) is 2.58. The van der Waals surface area contributed by atoms with Crippen LogP contribution in [-0.2, 0) is 21.1 Å². The number of carbonyl (C=O) groups excluding carboxylic acids is 1. The van der Waals surface area contributed by atoms with E-state index in [2.05, 4.69) is 10.3 Å². The van der Waals surface area contributed by atoms with Crippen molar-refractivity contribution in [2.24, 2.45) is 0 Å². The molecule has 0 unspecified atom stereocenters. The summed E-state index contributed by atoms with van der Waals surface area (Å²) in [4.78, 5) is 18.5. The summed E-state index contributed by atoms with van der Waals surface area (Å²) in [6, 6.07) is 10.9. The molecular formula is C17H19N3O3S. The van der Waals surface area contributed by atoms with Crippen molar-refractivity contribution in [1.29, 1.82) is 0 Å². The molecule has 0 atom stereocenters. The largest absolute Gasteiger partial charge is 0.360 e. The second-order valence-electron chi connectivity index (χ2n) is 5.75. The number of nitrogens with one attached hydrogen (secondary N) is 1. The summed E-state index contributed by atoms with van der Waals surface area (Å²) in [5.74, 6) is 0.103. The Bertz CT molecular complexity index is 865. The quantitative estimate of drug-likeness (QED) is 0.915. The van der Waals surface area contributed by atoms with Crippen molar-refractivity contribution < 1.29 is 13.2 Å². The van der Waals surface area contributed by atoms with E-state index in [1.54, 1.807) is 11.0 Å². The topological polar surface area (TPSA) is 79.4 Å². The summed E-state index contributed by atoms with van der Waals surface area (Å²) in [6.45, 7) is 0.659. The van der Waals surface area contributed by atoms with Crippen molar-refractivity contribution >= 4 is 27.2 Å². The van der Waals surface area contributed by atoms with Crippen molar-refractivity contribution in [3.63, 3.8) is 0 Å². The van der Waals surface area contributed by atoms with Gasteiger partial charge in [-0.15, -0.1) is 0 Å². The third-order valence-electron chi connectivity index (χ3n) is 3.99. The normalized spacial score (nSPS) is 14.1. The van der Waals surface area contributed by atoms with Gasteiger partial charge in [0.1, 0.15) is 10.7 Å². The Balaban J connectivity index is 1.76. The maximum Gasteiger partial charge on any atom is 0.246 e. The molecular weight excluding hydrogens is 326 g/mol. The second kappa shape index (κ2) is 6.60. The van der Waals surface area contributed by atoms with Gasteiger partial charge in [-0.05, 0) is 36.6 Å². The first kappa shape index (κ1) is 16.4. The third-order valence-corrected chi connectivity index (χ3v) is 5.12. The first-order chi connectivity index (χ1) is 11.5. The molecule has 1 aromatic heterocycles. The lowest BCUT2D eigenvalue weighted by atomic mass is 10.0. The number of carbonyl (C=O) groups is 1. The number of fused-ring (bicyclic) bond motifs is 1. The summed E-state index contributed by atoms with van der Waals surface area (Å²) in [7, 11) is -3.40. The molecule has 1 amide bonds. The van der Waals surface area contributed by atoms with Crippen LogP contribution in [0.25, 0.3) is 0 Å². The van der Waals surface area contributed by atoms with E-state index in [4.69, 9.17) is 0 Å². The van der Waals surface area contributed by atoms with Gasteiger partial charge in [-0.2, -0.15) is 0 Å². The number of hydrogen-bond acceptors (Lipinski definition) is 5. The minimum absolute atomic E-state index is 0.00608. The fraction of sp³-hybridized carbons (Fsp3) is 0.294. The summed E-state index contributed by atoms with van der Waals surface area (Å²) in [5.41, 5.74) is 2.09. The van der Waals surface area contributed by atoms with E-state index < -0.39 is 9.84 Å². The van der Waals surface area contributed by atoms with Crippen LogP contribution in [0, 0.1) is 0 Å². The molecule has 1 aliphatic rings. The van der Waals surface area contributed by atoms with E-state index in [0.29, 0.717) is 6.54 Å². The lowest BCUT2D eigenvalue weighted by Gasteiger charge is -2.29. The minimum Gasteiger partial charge on any atom is -0.360 e. The molecule has 1 aromatic carbocycles. The van der Waals surface area contributed by atoms with Crippen LogP contribution in [0.4, 0.5) is 11.5 Å². The van der Waals surface area contributed by atoms with E-state index in [-0.39, 0.29) is 23.2 Å². The van der Waals surface area contributed by atoms with Crippen LogP contribution in [0.15, 0.2) is 47.5 Å². The minimum atomic E-state index is -3.40. The smallest absolute Gasteiger partial charge is 0.246 e. The molecule has 0 saturated heterocycles. The van der Waals surface area contributed by atoms with Crippen molar-refractivity contribution in [2.45, 2.75) is 17.7 Å². The van der Waals surface area contributed by atoms with Crippen LogP contribution in [0.5, 0.6) is 0 Å². The Morgan fingerprint density at radius 3 is 2.83 bits per heavy atom. The maximum atomic E-state index is 12.6. The molecule has 0 spiro atoms. The highest BCUT2D eigenvalue weighted by atomic mass is 32.2. The summed E-state index contributed by atoms with van der Waals surface area (Å²) in [5, 5.41) is 2.87. The van der Waals surface area contributed by atoms with Gasteiger partial charge in [0.15, 0.2) is 9.84 Å². The fourth-order valence-corrected chi connectivity index (χ4v) is 3.67. The van der Waals surface area contributed by atoms with Crippen LogP contribution in [0.2, 0.25) is 0 Å². The highest BCUT2D eigenvalue weighted by Gasteiger charge is 2.22. The summed E-state index contributed by atoms with van der Waals surface area (Å²) >= 11 is 0. The van der Waals surface area contributed by atoms with Crippen LogP contribution in [0.1, 0.15) is 12.0 Å². The predicted octanol–water partition coefficient (Wildman–Crippen LogP) is 1.88. The van der Waals surface area contributed by atoms with Gasteiger partial charge in [0.05, 0.1) is 6.54 Å². The first-order valence-electron chi connectivity index (χ1n) is 7.74. The Hall–Kier alpha value is -2.41. The van der Waals surface area contributed by atoms with Gasteiger partial charge >= 0.3 is 0 Å². The number of para-hydroxylation sites is 1. The van der Waals surface area contributed by atoms with Crippen molar-refractivity contribution in [3.05, 3.63) is 48.2 Å². The van der Waals surface area contributed by atoms with E-state index >= 15 is 0 Å². The number of benzene rings is 1. The third kappa shape index (κ3) is 3.41. The number of pyridine rings is 1. The Labute approximate surface area is 141 Å². The zero-order chi connectivity index (χ0) is 17.2. The molecule has 126 valence electrons. The maximum absolute atomic E-state index is 12.6. The van der Waals surface area contributed by atoms with Crippen LogP contribution in [-0.4, -0.2) is 38.7 Å². The molecule has 0 aliphatic carbocycles. The van der Waals surface area contributed by atoms with Gasteiger partial charge < -0.3 is 10.2 Å². The van der Waals surface area contributed by atoms with E-state index in [0.717, 1.165) is 30.3 Å². The molecule has 0 bridgehead atoms. The number of aromatic nitrogens is 1. The molecule has 7 heteroatoms.